The number of nitrogens with zero attached hydrogens (tertiary/aromatic N) is 2. The van der Waals surface area contributed by atoms with Crippen LogP contribution in [0.2, 0.25) is 0 Å². The Hall–Kier alpha value is -1.68. The second kappa shape index (κ2) is 8.69. The minimum atomic E-state index is -0.228. The van der Waals surface area contributed by atoms with Crippen molar-refractivity contribution in [1.29, 1.82) is 0 Å². The summed E-state index contributed by atoms with van der Waals surface area (Å²) in [5.74, 6) is 1.09. The molecule has 22 heavy (non-hydrogen) atoms. The first-order valence-electron chi connectivity index (χ1n) is 8.39. The third kappa shape index (κ3) is 4.95. The summed E-state index contributed by atoms with van der Waals surface area (Å²) in [6.07, 6.45) is 9.13. The van der Waals surface area contributed by atoms with Gasteiger partial charge in [-0.15, -0.1) is 0 Å². The molecule has 1 heterocycles. The van der Waals surface area contributed by atoms with Gasteiger partial charge in [-0.2, -0.15) is 4.98 Å². The zero-order chi connectivity index (χ0) is 15.8. The Morgan fingerprint density at radius 3 is 2.36 bits per heavy atom. The number of rotatable bonds is 9. The minimum Gasteiger partial charge on any atom is -0.337 e. The maximum absolute atomic E-state index is 5.73. The summed E-state index contributed by atoms with van der Waals surface area (Å²) in [6, 6.07) is 8.20. The Morgan fingerprint density at radius 1 is 1.05 bits per heavy atom. The maximum atomic E-state index is 5.73. The van der Waals surface area contributed by atoms with Crippen molar-refractivity contribution in [3.8, 4) is 11.4 Å². The molecule has 0 aliphatic rings. The molecule has 0 unspecified atom stereocenters. The third-order valence-corrected chi connectivity index (χ3v) is 3.86. The Kier molecular flexibility index (Phi) is 6.59. The van der Waals surface area contributed by atoms with Crippen molar-refractivity contribution in [3.05, 3.63) is 35.7 Å². The molecular formula is C18H27N3O. The largest absolute Gasteiger partial charge is 0.337 e. The molecule has 2 aromatic rings. The molecule has 1 atom stereocenters. The van der Waals surface area contributed by atoms with Gasteiger partial charge in [0.1, 0.15) is 0 Å². The molecule has 0 saturated heterocycles. The number of aryl methyl sites for hydroxylation is 1. The number of nitrogens with two attached hydrogens (primary N) is 1. The molecule has 0 fully saturated rings. The van der Waals surface area contributed by atoms with Crippen LogP contribution >= 0.6 is 0 Å². The van der Waals surface area contributed by atoms with Crippen LogP contribution in [-0.2, 0) is 6.42 Å². The normalized spacial score (nSPS) is 12.5. The van der Waals surface area contributed by atoms with E-state index in [2.05, 4.69) is 41.3 Å². The molecule has 0 saturated carbocycles. The van der Waals surface area contributed by atoms with Crippen LogP contribution in [-0.4, -0.2) is 10.1 Å². The third-order valence-electron chi connectivity index (χ3n) is 3.86. The lowest BCUT2D eigenvalue weighted by Gasteiger charge is -2.03. The average molecular weight is 301 g/mol. The molecule has 1 aromatic carbocycles. The fraction of sp³-hybridized carbons (Fsp3) is 0.556. The summed E-state index contributed by atoms with van der Waals surface area (Å²) in [5, 5.41) is 3.98. The zero-order valence-electron chi connectivity index (χ0n) is 13.7. The molecule has 4 heteroatoms. The number of unbranched alkanes of at least 4 members (excludes halogenated alkanes) is 5. The van der Waals surface area contributed by atoms with Crippen molar-refractivity contribution in [1.82, 2.24) is 10.1 Å². The van der Waals surface area contributed by atoms with Crippen molar-refractivity contribution in [3.63, 3.8) is 0 Å². The predicted molar refractivity (Wildman–Crippen MR) is 89.4 cm³/mol. The van der Waals surface area contributed by atoms with Gasteiger partial charge in [0.25, 0.3) is 0 Å². The first-order chi connectivity index (χ1) is 10.7. The summed E-state index contributed by atoms with van der Waals surface area (Å²) in [4.78, 5) is 4.31. The number of hydrogen-bond donors (Lipinski definition) is 1. The fourth-order valence-electron chi connectivity index (χ4n) is 2.47. The lowest BCUT2D eigenvalue weighted by atomic mass is 10.0. The summed E-state index contributed by atoms with van der Waals surface area (Å²) < 4.78 is 5.14. The van der Waals surface area contributed by atoms with Crippen LogP contribution in [0.5, 0.6) is 0 Å². The van der Waals surface area contributed by atoms with Gasteiger partial charge in [0, 0.05) is 5.56 Å². The van der Waals surface area contributed by atoms with Gasteiger partial charge < -0.3 is 10.3 Å². The fourth-order valence-corrected chi connectivity index (χ4v) is 2.47. The summed E-state index contributed by atoms with van der Waals surface area (Å²) in [6.45, 7) is 4.09. The van der Waals surface area contributed by atoms with E-state index < -0.39 is 0 Å². The number of hydrogen-bond acceptors (Lipinski definition) is 4. The Balaban J connectivity index is 1.82. The topological polar surface area (TPSA) is 64.9 Å². The molecular weight excluding hydrogens is 274 g/mol. The van der Waals surface area contributed by atoms with Gasteiger partial charge in [0.15, 0.2) is 0 Å². The Bertz CT molecular complexity index is 546. The molecule has 0 amide bonds. The van der Waals surface area contributed by atoms with Crippen LogP contribution in [0.15, 0.2) is 28.8 Å². The van der Waals surface area contributed by atoms with Gasteiger partial charge in [-0.05, 0) is 25.3 Å². The second-order valence-corrected chi connectivity index (χ2v) is 5.96. The van der Waals surface area contributed by atoms with E-state index in [0.29, 0.717) is 11.7 Å². The van der Waals surface area contributed by atoms with E-state index in [1.165, 1.54) is 44.1 Å². The number of benzene rings is 1. The lowest BCUT2D eigenvalue weighted by Crippen LogP contribution is -2.04. The van der Waals surface area contributed by atoms with Crippen LogP contribution in [0.4, 0.5) is 0 Å². The molecule has 2 rings (SSSR count). The summed E-state index contributed by atoms with van der Waals surface area (Å²) in [7, 11) is 0. The van der Waals surface area contributed by atoms with E-state index in [4.69, 9.17) is 10.3 Å². The van der Waals surface area contributed by atoms with Gasteiger partial charge in [0.2, 0.25) is 11.7 Å². The second-order valence-electron chi connectivity index (χ2n) is 5.96. The Morgan fingerprint density at radius 2 is 1.73 bits per heavy atom. The van der Waals surface area contributed by atoms with E-state index in [0.717, 1.165) is 12.0 Å². The Labute approximate surface area is 133 Å². The van der Waals surface area contributed by atoms with E-state index >= 15 is 0 Å². The lowest BCUT2D eigenvalue weighted by molar-refractivity contribution is 0.362. The maximum Gasteiger partial charge on any atom is 0.243 e. The van der Waals surface area contributed by atoms with Crippen LogP contribution in [0.25, 0.3) is 11.4 Å². The van der Waals surface area contributed by atoms with Crippen molar-refractivity contribution in [2.45, 2.75) is 64.8 Å². The first kappa shape index (κ1) is 16.7. The predicted octanol–water partition coefficient (Wildman–Crippen LogP) is 4.66. The van der Waals surface area contributed by atoms with Crippen molar-refractivity contribution in [2.24, 2.45) is 5.73 Å². The molecule has 120 valence electrons. The van der Waals surface area contributed by atoms with Crippen molar-refractivity contribution in [2.75, 3.05) is 0 Å². The van der Waals surface area contributed by atoms with Crippen molar-refractivity contribution < 1.29 is 4.52 Å². The molecule has 0 aliphatic carbocycles. The summed E-state index contributed by atoms with van der Waals surface area (Å²) in [5.41, 5.74) is 8.08. The zero-order valence-corrected chi connectivity index (χ0v) is 13.7. The highest BCUT2D eigenvalue weighted by atomic mass is 16.5. The molecule has 0 bridgehead atoms. The van der Waals surface area contributed by atoms with Gasteiger partial charge in [-0.1, -0.05) is 68.4 Å². The molecule has 0 aliphatic heterocycles. The van der Waals surface area contributed by atoms with Crippen LogP contribution in [0, 0.1) is 0 Å². The van der Waals surface area contributed by atoms with E-state index in [9.17, 15) is 0 Å². The summed E-state index contributed by atoms with van der Waals surface area (Å²) >= 11 is 0. The molecule has 0 radical (unpaired) electrons. The number of aromatic nitrogens is 2. The molecule has 2 N–H and O–H groups in total. The van der Waals surface area contributed by atoms with Crippen LogP contribution in [0.1, 0.15) is 69.9 Å². The van der Waals surface area contributed by atoms with Gasteiger partial charge >= 0.3 is 0 Å². The highest BCUT2D eigenvalue weighted by Gasteiger charge is 2.11. The minimum absolute atomic E-state index is 0.228. The molecule has 4 nitrogen and oxygen atoms in total. The average Bonchev–Trinajstić information content (AvgIpc) is 3.01. The first-order valence-corrected chi connectivity index (χ1v) is 8.39. The standard InChI is InChI=1S/C18H27N3O/c1-3-4-5-6-7-8-9-15-10-12-16(13-11-15)17-20-18(14(2)19)22-21-17/h10-14H,3-9,19H2,1-2H3/t14-/m0/s1. The van der Waals surface area contributed by atoms with E-state index in [1.54, 1.807) is 0 Å². The highest BCUT2D eigenvalue weighted by Crippen LogP contribution is 2.19. The monoisotopic (exact) mass is 301 g/mol. The molecule has 0 spiro atoms. The highest BCUT2D eigenvalue weighted by molar-refractivity contribution is 5.54. The van der Waals surface area contributed by atoms with E-state index in [-0.39, 0.29) is 6.04 Å². The van der Waals surface area contributed by atoms with Gasteiger partial charge in [0.05, 0.1) is 6.04 Å². The smallest absolute Gasteiger partial charge is 0.243 e. The quantitative estimate of drug-likeness (QED) is 0.684. The van der Waals surface area contributed by atoms with Crippen LogP contribution in [0.3, 0.4) is 0 Å². The molecule has 1 aromatic heterocycles. The van der Waals surface area contributed by atoms with Gasteiger partial charge in [-0.25, -0.2) is 0 Å². The van der Waals surface area contributed by atoms with Crippen molar-refractivity contribution >= 4 is 0 Å². The van der Waals surface area contributed by atoms with E-state index in [1.807, 2.05) is 6.92 Å². The SMILES string of the molecule is CCCCCCCCc1ccc(-c2noc([C@H](C)N)n2)cc1. The van der Waals surface area contributed by atoms with Crippen LogP contribution < -0.4 is 5.73 Å². The van der Waals surface area contributed by atoms with Gasteiger partial charge in [-0.3, -0.25) is 0 Å².